The Balaban J connectivity index is 2.12. The predicted molar refractivity (Wildman–Crippen MR) is 111 cm³/mol. The molecule has 2 aromatic rings. The van der Waals surface area contributed by atoms with Crippen LogP contribution in [0.4, 0.5) is 5.69 Å². The SMILES string of the molecule is O=C(/C=C/c1ccc(N(CCS(=O)(=O)O)CCS(=O)(=O)O)cc1)c1ccccc1. The van der Waals surface area contributed by atoms with Crippen molar-refractivity contribution in [2.75, 3.05) is 29.5 Å². The van der Waals surface area contributed by atoms with Crippen LogP contribution in [0.3, 0.4) is 0 Å². The molecule has 8 nitrogen and oxygen atoms in total. The Labute approximate surface area is 170 Å². The highest BCUT2D eigenvalue weighted by molar-refractivity contribution is 7.86. The van der Waals surface area contributed by atoms with Crippen LogP contribution in [-0.4, -0.2) is 56.3 Å². The first-order chi connectivity index (χ1) is 13.5. The Hall–Kier alpha value is -2.53. The van der Waals surface area contributed by atoms with Crippen molar-refractivity contribution in [1.82, 2.24) is 0 Å². The molecule has 0 atom stereocenters. The molecular formula is C19H21NO7S2. The van der Waals surface area contributed by atoms with Crippen LogP contribution in [0.5, 0.6) is 0 Å². The third kappa shape index (κ3) is 8.57. The summed E-state index contributed by atoms with van der Waals surface area (Å²) in [5.41, 5.74) is 1.77. The molecule has 0 amide bonds. The summed E-state index contributed by atoms with van der Waals surface area (Å²) >= 11 is 0. The van der Waals surface area contributed by atoms with Crippen LogP contribution in [0.1, 0.15) is 15.9 Å². The Morgan fingerprint density at radius 2 is 1.34 bits per heavy atom. The fourth-order valence-corrected chi connectivity index (χ4v) is 3.39. The lowest BCUT2D eigenvalue weighted by Gasteiger charge is -2.23. The number of carbonyl (C=O) groups excluding carboxylic acids is 1. The van der Waals surface area contributed by atoms with Crippen molar-refractivity contribution in [3.05, 3.63) is 71.8 Å². The van der Waals surface area contributed by atoms with Gasteiger partial charge < -0.3 is 4.90 Å². The molecule has 0 saturated carbocycles. The van der Waals surface area contributed by atoms with Gasteiger partial charge in [0.2, 0.25) is 0 Å². The van der Waals surface area contributed by atoms with E-state index >= 15 is 0 Å². The average molecular weight is 440 g/mol. The molecule has 2 rings (SSSR count). The topological polar surface area (TPSA) is 129 Å². The quantitative estimate of drug-likeness (QED) is 0.327. The minimum atomic E-state index is -4.24. The highest BCUT2D eigenvalue weighted by Gasteiger charge is 2.15. The van der Waals surface area contributed by atoms with Gasteiger partial charge in [-0.2, -0.15) is 16.8 Å². The highest BCUT2D eigenvalue weighted by Crippen LogP contribution is 2.17. The summed E-state index contributed by atoms with van der Waals surface area (Å²) in [5, 5.41) is 0. The monoisotopic (exact) mass is 439 g/mol. The lowest BCUT2D eigenvalue weighted by Crippen LogP contribution is -2.33. The molecule has 10 heteroatoms. The fraction of sp³-hybridized carbons (Fsp3) is 0.211. The molecule has 2 N–H and O–H groups in total. The molecule has 156 valence electrons. The number of benzene rings is 2. The highest BCUT2D eigenvalue weighted by atomic mass is 32.2. The Morgan fingerprint density at radius 1 is 0.828 bits per heavy atom. The number of rotatable bonds is 10. The summed E-state index contributed by atoms with van der Waals surface area (Å²) in [4.78, 5) is 13.5. The summed E-state index contributed by atoms with van der Waals surface area (Å²) in [5.74, 6) is -1.34. The summed E-state index contributed by atoms with van der Waals surface area (Å²) in [6, 6.07) is 15.4. The lowest BCUT2D eigenvalue weighted by molar-refractivity contribution is 0.104. The second-order valence-electron chi connectivity index (χ2n) is 6.21. The minimum Gasteiger partial charge on any atom is -0.369 e. The largest absolute Gasteiger partial charge is 0.369 e. The summed E-state index contributed by atoms with van der Waals surface area (Å²) in [7, 11) is -8.47. The number of nitrogens with zero attached hydrogens (tertiary/aromatic N) is 1. The van der Waals surface area contributed by atoms with Gasteiger partial charge >= 0.3 is 0 Å². The zero-order chi connectivity index (χ0) is 21.5. The number of ketones is 1. The molecule has 0 bridgehead atoms. The van der Waals surface area contributed by atoms with Gasteiger partial charge in [-0.3, -0.25) is 13.9 Å². The van der Waals surface area contributed by atoms with E-state index in [1.807, 2.05) is 6.07 Å². The van der Waals surface area contributed by atoms with E-state index in [1.165, 1.54) is 11.0 Å². The molecule has 2 aromatic carbocycles. The van der Waals surface area contributed by atoms with Crippen LogP contribution in [0, 0.1) is 0 Å². The molecule has 0 aliphatic carbocycles. The normalized spacial score (nSPS) is 12.2. The summed E-state index contributed by atoms with van der Waals surface area (Å²) in [6.07, 6.45) is 3.05. The van der Waals surface area contributed by atoms with Crippen LogP contribution in [0.15, 0.2) is 60.7 Å². The van der Waals surface area contributed by atoms with Crippen molar-refractivity contribution in [3.63, 3.8) is 0 Å². The zero-order valence-electron chi connectivity index (χ0n) is 15.4. The molecular weight excluding hydrogens is 418 g/mol. The Kier molecular flexibility index (Phi) is 7.68. The van der Waals surface area contributed by atoms with Crippen molar-refractivity contribution >= 4 is 37.8 Å². The molecule has 0 saturated heterocycles. The number of anilines is 1. The van der Waals surface area contributed by atoms with Crippen LogP contribution >= 0.6 is 0 Å². The molecule has 0 heterocycles. The number of hydrogen-bond donors (Lipinski definition) is 2. The van der Waals surface area contributed by atoms with Gasteiger partial charge in [0.15, 0.2) is 5.78 Å². The van der Waals surface area contributed by atoms with Gasteiger partial charge in [0.1, 0.15) is 0 Å². The average Bonchev–Trinajstić information content (AvgIpc) is 2.66. The first-order valence-corrected chi connectivity index (χ1v) is 11.8. The third-order valence-electron chi connectivity index (χ3n) is 3.98. The van der Waals surface area contributed by atoms with E-state index in [9.17, 15) is 21.6 Å². The smallest absolute Gasteiger partial charge is 0.266 e. The van der Waals surface area contributed by atoms with Gasteiger partial charge in [-0.25, -0.2) is 0 Å². The van der Waals surface area contributed by atoms with Gasteiger partial charge in [0, 0.05) is 24.3 Å². The first kappa shape index (κ1) is 22.8. The zero-order valence-corrected chi connectivity index (χ0v) is 17.0. The van der Waals surface area contributed by atoms with E-state index in [-0.39, 0.29) is 18.9 Å². The third-order valence-corrected chi connectivity index (χ3v) is 5.38. The van der Waals surface area contributed by atoms with Gasteiger partial charge in [-0.05, 0) is 23.8 Å². The van der Waals surface area contributed by atoms with Crippen molar-refractivity contribution in [1.29, 1.82) is 0 Å². The Bertz CT molecular complexity index is 1030. The van der Waals surface area contributed by atoms with E-state index in [4.69, 9.17) is 9.11 Å². The van der Waals surface area contributed by atoms with Crippen LogP contribution < -0.4 is 4.90 Å². The van der Waals surface area contributed by atoms with E-state index in [1.54, 1.807) is 54.6 Å². The van der Waals surface area contributed by atoms with Crippen molar-refractivity contribution in [2.24, 2.45) is 0 Å². The van der Waals surface area contributed by atoms with Gasteiger partial charge in [0.05, 0.1) is 11.5 Å². The van der Waals surface area contributed by atoms with E-state index in [2.05, 4.69) is 0 Å². The number of allylic oxidation sites excluding steroid dienone is 1. The second kappa shape index (κ2) is 9.79. The predicted octanol–water partition coefficient (Wildman–Crippen LogP) is 2.16. The summed E-state index contributed by atoms with van der Waals surface area (Å²) < 4.78 is 61.9. The lowest BCUT2D eigenvalue weighted by atomic mass is 10.1. The molecule has 0 aliphatic heterocycles. The maximum atomic E-state index is 12.1. The molecule has 0 radical (unpaired) electrons. The molecule has 29 heavy (non-hydrogen) atoms. The molecule has 0 aromatic heterocycles. The molecule has 0 unspecified atom stereocenters. The maximum Gasteiger partial charge on any atom is 0.266 e. The van der Waals surface area contributed by atoms with E-state index < -0.39 is 31.7 Å². The van der Waals surface area contributed by atoms with Crippen molar-refractivity contribution < 1.29 is 30.7 Å². The van der Waals surface area contributed by atoms with Crippen LogP contribution in [0.2, 0.25) is 0 Å². The number of carbonyl (C=O) groups is 1. The van der Waals surface area contributed by atoms with Gasteiger partial charge in [-0.15, -0.1) is 0 Å². The van der Waals surface area contributed by atoms with Crippen molar-refractivity contribution in [3.8, 4) is 0 Å². The van der Waals surface area contributed by atoms with Crippen LogP contribution in [-0.2, 0) is 20.2 Å². The fourth-order valence-electron chi connectivity index (χ4n) is 2.49. The maximum absolute atomic E-state index is 12.1. The second-order valence-corrected chi connectivity index (χ2v) is 9.36. The Morgan fingerprint density at radius 3 is 1.83 bits per heavy atom. The minimum absolute atomic E-state index is 0.155. The standard InChI is InChI=1S/C19H21NO7S2/c21-19(17-4-2-1-3-5-17)11-8-16-6-9-18(10-7-16)20(12-14-28(22,23)24)13-15-29(25,26)27/h1-11H,12-15H2,(H,22,23,24)(H,25,26,27)/b11-8+. The molecule has 0 fully saturated rings. The molecule has 0 spiro atoms. The van der Waals surface area contributed by atoms with E-state index in [0.717, 1.165) is 0 Å². The molecule has 0 aliphatic rings. The van der Waals surface area contributed by atoms with Gasteiger partial charge in [-0.1, -0.05) is 48.5 Å². The first-order valence-electron chi connectivity index (χ1n) is 8.56. The van der Waals surface area contributed by atoms with E-state index in [0.29, 0.717) is 16.8 Å². The van der Waals surface area contributed by atoms with Crippen molar-refractivity contribution in [2.45, 2.75) is 0 Å². The summed E-state index contributed by atoms with van der Waals surface area (Å²) in [6.45, 7) is -0.313. The van der Waals surface area contributed by atoms with Crippen LogP contribution in [0.25, 0.3) is 6.08 Å². The number of hydrogen-bond acceptors (Lipinski definition) is 6. The van der Waals surface area contributed by atoms with Gasteiger partial charge in [0.25, 0.3) is 20.2 Å².